The average molecular weight is 352 g/mol. The molecule has 0 aliphatic heterocycles. The van der Waals surface area contributed by atoms with Crippen LogP contribution in [0.1, 0.15) is 50.4 Å². The van der Waals surface area contributed by atoms with E-state index in [1.165, 1.54) is 23.8 Å². The number of benzene rings is 2. The van der Waals surface area contributed by atoms with Gasteiger partial charge in [-0.3, -0.25) is 14.9 Å². The summed E-state index contributed by atoms with van der Waals surface area (Å²) in [5.41, 5.74) is 2.96. The molecule has 1 N–H and O–H groups in total. The van der Waals surface area contributed by atoms with E-state index in [4.69, 9.17) is 0 Å². The molecule has 0 heterocycles. The lowest BCUT2D eigenvalue weighted by Gasteiger charge is -2.20. The Morgan fingerprint density at radius 2 is 1.81 bits per heavy atom. The zero-order valence-corrected chi connectivity index (χ0v) is 15.5. The number of nitrogens with zero attached hydrogens (tertiary/aromatic N) is 1. The van der Waals surface area contributed by atoms with E-state index in [0.29, 0.717) is 5.56 Å². The van der Waals surface area contributed by atoms with Gasteiger partial charge in [-0.1, -0.05) is 57.2 Å². The first-order chi connectivity index (χ1) is 12.2. The van der Waals surface area contributed by atoms with E-state index in [1.54, 1.807) is 18.2 Å². The van der Waals surface area contributed by atoms with Gasteiger partial charge >= 0.3 is 0 Å². The van der Waals surface area contributed by atoms with Crippen molar-refractivity contribution in [3.05, 3.63) is 81.4 Å². The van der Waals surface area contributed by atoms with Crippen LogP contribution in [0.5, 0.6) is 0 Å². The molecule has 0 fully saturated rings. The lowest BCUT2D eigenvalue weighted by atomic mass is 9.86. The predicted molar refractivity (Wildman–Crippen MR) is 104 cm³/mol. The average Bonchev–Trinajstić information content (AvgIpc) is 2.59. The van der Waals surface area contributed by atoms with Crippen LogP contribution in [0, 0.1) is 10.1 Å². The second kappa shape index (κ2) is 7.95. The number of hydrogen-bond acceptors (Lipinski definition) is 3. The minimum Gasteiger partial charge on any atom is -0.346 e. The maximum Gasteiger partial charge on any atom is 0.270 e. The Kier molecular flexibility index (Phi) is 5.93. The number of rotatable bonds is 5. The lowest BCUT2D eigenvalue weighted by Crippen LogP contribution is -2.24. The molecule has 2 aromatic rings. The highest BCUT2D eigenvalue weighted by Gasteiger charge is 2.14. The monoisotopic (exact) mass is 352 g/mol. The van der Waals surface area contributed by atoms with E-state index < -0.39 is 4.92 Å². The highest BCUT2D eigenvalue weighted by atomic mass is 16.6. The summed E-state index contributed by atoms with van der Waals surface area (Å²) in [4.78, 5) is 22.4. The van der Waals surface area contributed by atoms with Crippen LogP contribution in [0.4, 0.5) is 5.69 Å². The summed E-state index contributed by atoms with van der Waals surface area (Å²) in [5.74, 6) is -0.246. The molecule has 0 aliphatic carbocycles. The van der Waals surface area contributed by atoms with Crippen molar-refractivity contribution in [1.29, 1.82) is 0 Å². The van der Waals surface area contributed by atoms with Crippen LogP contribution in [-0.2, 0) is 10.2 Å². The van der Waals surface area contributed by atoms with Crippen LogP contribution in [-0.4, -0.2) is 10.8 Å². The molecule has 1 atom stereocenters. The summed E-state index contributed by atoms with van der Waals surface area (Å²) < 4.78 is 0. The maximum absolute atomic E-state index is 12.1. The molecule has 1 amide bonds. The quantitative estimate of drug-likeness (QED) is 0.478. The first-order valence-electron chi connectivity index (χ1n) is 8.50. The van der Waals surface area contributed by atoms with Crippen LogP contribution in [0.2, 0.25) is 0 Å². The topological polar surface area (TPSA) is 72.2 Å². The second-order valence-corrected chi connectivity index (χ2v) is 7.29. The van der Waals surface area contributed by atoms with Gasteiger partial charge in [0, 0.05) is 18.2 Å². The third kappa shape index (κ3) is 5.28. The smallest absolute Gasteiger partial charge is 0.270 e. The summed E-state index contributed by atoms with van der Waals surface area (Å²) in [6, 6.07) is 14.2. The van der Waals surface area contributed by atoms with Crippen LogP contribution in [0.25, 0.3) is 6.08 Å². The van der Waals surface area contributed by atoms with Crippen molar-refractivity contribution < 1.29 is 9.72 Å². The van der Waals surface area contributed by atoms with Crippen molar-refractivity contribution in [2.75, 3.05) is 0 Å². The van der Waals surface area contributed by atoms with E-state index in [9.17, 15) is 14.9 Å². The van der Waals surface area contributed by atoms with Crippen molar-refractivity contribution in [3.8, 4) is 0 Å². The minimum atomic E-state index is -0.458. The normalized spacial score (nSPS) is 12.8. The number of nitrogens with one attached hydrogen (secondary N) is 1. The minimum absolute atomic E-state index is 0.000126. The molecular weight excluding hydrogens is 328 g/mol. The van der Waals surface area contributed by atoms with E-state index in [-0.39, 0.29) is 23.1 Å². The van der Waals surface area contributed by atoms with Gasteiger partial charge in [-0.25, -0.2) is 0 Å². The molecule has 26 heavy (non-hydrogen) atoms. The number of hydrogen-bond donors (Lipinski definition) is 1. The van der Waals surface area contributed by atoms with Crippen LogP contribution in [0.3, 0.4) is 0 Å². The number of non-ortho nitro benzene ring substituents is 1. The lowest BCUT2D eigenvalue weighted by molar-refractivity contribution is -0.384. The van der Waals surface area contributed by atoms with Crippen LogP contribution in [0.15, 0.2) is 54.6 Å². The Hall–Kier alpha value is -2.95. The third-order valence-electron chi connectivity index (χ3n) is 4.14. The van der Waals surface area contributed by atoms with E-state index in [2.05, 4.69) is 38.2 Å². The molecule has 5 heteroatoms. The highest BCUT2D eigenvalue weighted by molar-refractivity contribution is 5.92. The molecule has 0 saturated carbocycles. The largest absolute Gasteiger partial charge is 0.346 e. The fourth-order valence-corrected chi connectivity index (χ4v) is 2.53. The summed E-state index contributed by atoms with van der Waals surface area (Å²) in [7, 11) is 0. The van der Waals surface area contributed by atoms with E-state index in [1.807, 2.05) is 19.1 Å². The number of nitro groups is 1. The SMILES string of the molecule is C[C@H](NC(=O)/C=C/c1cccc([N+](=O)[O-])c1)c1ccc(C(C)(C)C)cc1. The second-order valence-electron chi connectivity index (χ2n) is 7.29. The van der Waals surface area contributed by atoms with Gasteiger partial charge < -0.3 is 5.32 Å². The van der Waals surface area contributed by atoms with E-state index >= 15 is 0 Å². The number of carbonyl (C=O) groups is 1. The molecule has 0 bridgehead atoms. The molecule has 5 nitrogen and oxygen atoms in total. The van der Waals surface area contributed by atoms with Gasteiger partial charge in [0.1, 0.15) is 0 Å². The number of carbonyl (C=O) groups excluding carboxylic acids is 1. The van der Waals surface area contributed by atoms with Crippen molar-refractivity contribution in [3.63, 3.8) is 0 Å². The molecule has 0 aromatic heterocycles. The van der Waals surface area contributed by atoms with Gasteiger partial charge in [-0.05, 0) is 35.1 Å². The molecule has 0 unspecified atom stereocenters. The molecule has 0 aliphatic rings. The first kappa shape index (κ1) is 19.4. The van der Waals surface area contributed by atoms with Crippen molar-refractivity contribution in [1.82, 2.24) is 5.32 Å². The molecule has 2 aromatic carbocycles. The number of nitro benzene ring substituents is 1. The fourth-order valence-electron chi connectivity index (χ4n) is 2.53. The van der Waals surface area contributed by atoms with Gasteiger partial charge in [0.15, 0.2) is 0 Å². The van der Waals surface area contributed by atoms with Crippen LogP contribution >= 0.6 is 0 Å². The summed E-state index contributed by atoms with van der Waals surface area (Å²) in [6.07, 6.45) is 2.96. The Balaban J connectivity index is 2.00. The van der Waals surface area contributed by atoms with Gasteiger partial charge in [0.05, 0.1) is 11.0 Å². The molecule has 2 rings (SSSR count). The fraction of sp³-hybridized carbons (Fsp3) is 0.286. The zero-order chi connectivity index (χ0) is 19.3. The molecule has 136 valence electrons. The van der Waals surface area contributed by atoms with E-state index in [0.717, 1.165) is 5.56 Å². The molecule has 0 radical (unpaired) electrons. The Morgan fingerprint density at radius 1 is 1.15 bits per heavy atom. The van der Waals surface area contributed by atoms with Crippen molar-refractivity contribution in [2.24, 2.45) is 0 Å². The molecular formula is C21H24N2O3. The summed E-state index contributed by atoms with van der Waals surface area (Å²) >= 11 is 0. The molecule has 0 spiro atoms. The van der Waals surface area contributed by atoms with Crippen molar-refractivity contribution >= 4 is 17.7 Å². The predicted octanol–water partition coefficient (Wildman–Crippen LogP) is 4.78. The van der Waals surface area contributed by atoms with Crippen LogP contribution < -0.4 is 5.32 Å². The van der Waals surface area contributed by atoms with Gasteiger partial charge in [-0.15, -0.1) is 0 Å². The highest BCUT2D eigenvalue weighted by Crippen LogP contribution is 2.24. The summed E-state index contributed by atoms with van der Waals surface area (Å²) in [6.45, 7) is 8.40. The Morgan fingerprint density at radius 3 is 2.38 bits per heavy atom. The zero-order valence-electron chi connectivity index (χ0n) is 15.5. The first-order valence-corrected chi connectivity index (χ1v) is 8.50. The van der Waals surface area contributed by atoms with Crippen molar-refractivity contribution in [2.45, 2.75) is 39.2 Å². The van der Waals surface area contributed by atoms with Gasteiger partial charge in [0.25, 0.3) is 5.69 Å². The van der Waals surface area contributed by atoms with Gasteiger partial charge in [-0.2, -0.15) is 0 Å². The molecule has 0 saturated heterocycles. The van der Waals surface area contributed by atoms with Gasteiger partial charge in [0.2, 0.25) is 5.91 Å². The Bertz CT molecular complexity index is 818. The number of amides is 1. The third-order valence-corrected chi connectivity index (χ3v) is 4.14. The summed E-state index contributed by atoms with van der Waals surface area (Å²) in [5, 5.41) is 13.7. The Labute approximate surface area is 153 Å². The standard InChI is InChI=1S/C21H24N2O3/c1-15(17-9-11-18(12-10-17)21(2,3)4)22-20(24)13-8-16-6-5-7-19(14-16)23(25)26/h5-15H,1-4H3,(H,22,24)/b13-8+/t15-/m0/s1. The maximum atomic E-state index is 12.1.